The first-order chi connectivity index (χ1) is 16.5. The van der Waals surface area contributed by atoms with E-state index in [2.05, 4.69) is 15.6 Å². The maximum absolute atomic E-state index is 13.3. The van der Waals surface area contributed by atoms with Gasteiger partial charge in [-0.3, -0.25) is 14.4 Å². The summed E-state index contributed by atoms with van der Waals surface area (Å²) in [7, 11) is 0. The number of nitrogens with one attached hydrogen (secondary N) is 2. The van der Waals surface area contributed by atoms with Gasteiger partial charge in [0, 0.05) is 17.0 Å². The number of anilines is 2. The molecule has 172 valence electrons. The van der Waals surface area contributed by atoms with Crippen molar-refractivity contribution in [3.63, 3.8) is 0 Å². The predicted molar refractivity (Wildman–Crippen MR) is 135 cm³/mol. The second-order valence-electron chi connectivity index (χ2n) is 7.35. The lowest BCUT2D eigenvalue weighted by Gasteiger charge is -2.17. The van der Waals surface area contributed by atoms with Gasteiger partial charge in [-0.1, -0.05) is 59.9 Å². The number of carbonyl (C=O) groups excluding carboxylic acids is 2. The average molecular weight is 492 g/mol. The Balaban J connectivity index is 1.52. The fourth-order valence-corrected chi connectivity index (χ4v) is 5.18. The molecule has 9 heteroatoms. The van der Waals surface area contributed by atoms with Crippen LogP contribution in [0.25, 0.3) is 10.2 Å². The quantitative estimate of drug-likeness (QED) is 0.264. The van der Waals surface area contributed by atoms with E-state index in [1.807, 2.05) is 60.7 Å². The number of para-hydroxylation sites is 1. The molecule has 0 fully saturated rings. The highest BCUT2D eigenvalue weighted by Gasteiger charge is 2.23. The fraction of sp³-hybridized carbons (Fsp3) is 0.120. The second kappa shape index (κ2) is 11.0. The second-order valence-corrected chi connectivity index (χ2v) is 9.56. The van der Waals surface area contributed by atoms with Crippen LogP contribution in [0, 0.1) is 0 Å². The van der Waals surface area contributed by atoms with Crippen LogP contribution in [-0.2, 0) is 14.4 Å². The van der Waals surface area contributed by atoms with Crippen molar-refractivity contribution in [2.45, 2.75) is 23.0 Å². The number of benzene rings is 3. The molecule has 1 aromatic heterocycles. The Morgan fingerprint density at radius 1 is 0.912 bits per heavy atom. The zero-order valence-electron chi connectivity index (χ0n) is 17.9. The molecule has 0 aliphatic carbocycles. The lowest BCUT2D eigenvalue weighted by atomic mass is 10.1. The number of rotatable bonds is 9. The molecule has 0 radical (unpaired) electrons. The lowest BCUT2D eigenvalue weighted by Crippen LogP contribution is -2.19. The number of amides is 2. The van der Waals surface area contributed by atoms with Gasteiger partial charge in [-0.2, -0.15) is 0 Å². The summed E-state index contributed by atoms with van der Waals surface area (Å²) in [6, 6.07) is 24.3. The molecular weight excluding hydrogens is 470 g/mol. The van der Waals surface area contributed by atoms with Crippen molar-refractivity contribution in [3.8, 4) is 0 Å². The van der Waals surface area contributed by atoms with Crippen LogP contribution in [0.15, 0.2) is 83.8 Å². The molecule has 1 atom stereocenters. The van der Waals surface area contributed by atoms with Gasteiger partial charge in [0.15, 0.2) is 5.13 Å². The Morgan fingerprint density at radius 3 is 2.44 bits per heavy atom. The summed E-state index contributed by atoms with van der Waals surface area (Å²) in [4.78, 5) is 41.3. The number of hydrogen-bond acceptors (Lipinski definition) is 6. The van der Waals surface area contributed by atoms with E-state index in [1.165, 1.54) is 23.1 Å². The molecule has 0 saturated carbocycles. The third-order valence-corrected chi connectivity index (χ3v) is 7.00. The van der Waals surface area contributed by atoms with Crippen LogP contribution in [0.5, 0.6) is 0 Å². The smallest absolute Gasteiger partial charge is 0.303 e. The summed E-state index contributed by atoms with van der Waals surface area (Å²) in [6.45, 7) is 0. The SMILES string of the molecule is O=C(O)CCC(=O)Nc1cccc(SC(C(=O)Nc2nc3ccccc3s2)c2ccccc2)c1. The Bertz CT molecular complexity index is 1290. The number of carboxylic acid groups (broad SMARTS) is 1. The Hall–Kier alpha value is -3.69. The number of carboxylic acids is 1. The number of nitrogens with zero attached hydrogens (tertiary/aromatic N) is 1. The van der Waals surface area contributed by atoms with E-state index >= 15 is 0 Å². The van der Waals surface area contributed by atoms with Crippen LogP contribution in [0.3, 0.4) is 0 Å². The van der Waals surface area contributed by atoms with Gasteiger partial charge in [-0.25, -0.2) is 4.98 Å². The van der Waals surface area contributed by atoms with E-state index in [4.69, 9.17) is 5.11 Å². The third kappa shape index (κ3) is 6.21. The molecule has 2 amide bonds. The highest BCUT2D eigenvalue weighted by molar-refractivity contribution is 8.00. The number of aliphatic carboxylic acids is 1. The number of fused-ring (bicyclic) bond motifs is 1. The van der Waals surface area contributed by atoms with Gasteiger partial charge in [0.25, 0.3) is 0 Å². The molecule has 7 nitrogen and oxygen atoms in total. The van der Waals surface area contributed by atoms with Gasteiger partial charge < -0.3 is 15.7 Å². The standard InChI is InChI=1S/C25H21N3O4S2/c29-21(13-14-22(30)31)26-17-9-6-10-18(15-17)33-23(16-7-2-1-3-8-16)24(32)28-25-27-19-11-4-5-12-20(19)34-25/h1-12,15,23H,13-14H2,(H,26,29)(H,30,31)(H,27,28,32). The maximum atomic E-state index is 13.3. The summed E-state index contributed by atoms with van der Waals surface area (Å²) in [5.74, 6) is -1.60. The largest absolute Gasteiger partial charge is 0.481 e. The summed E-state index contributed by atoms with van der Waals surface area (Å²) >= 11 is 2.77. The molecule has 0 aliphatic heterocycles. The van der Waals surface area contributed by atoms with Crippen molar-refractivity contribution in [2.75, 3.05) is 10.6 Å². The zero-order valence-corrected chi connectivity index (χ0v) is 19.6. The van der Waals surface area contributed by atoms with Gasteiger partial charge >= 0.3 is 5.97 Å². The molecule has 3 aromatic carbocycles. The molecule has 4 aromatic rings. The first-order valence-corrected chi connectivity index (χ1v) is 12.2. The van der Waals surface area contributed by atoms with E-state index in [1.54, 1.807) is 18.2 Å². The minimum atomic E-state index is -1.02. The molecule has 0 saturated heterocycles. The minimum absolute atomic E-state index is 0.107. The van der Waals surface area contributed by atoms with Gasteiger partial charge in [0.2, 0.25) is 11.8 Å². The Morgan fingerprint density at radius 2 is 1.68 bits per heavy atom. The van der Waals surface area contributed by atoms with E-state index in [9.17, 15) is 14.4 Å². The van der Waals surface area contributed by atoms with Crippen molar-refractivity contribution in [2.24, 2.45) is 0 Å². The molecule has 34 heavy (non-hydrogen) atoms. The van der Waals surface area contributed by atoms with E-state index < -0.39 is 11.2 Å². The first kappa shape index (κ1) is 23.5. The topological polar surface area (TPSA) is 108 Å². The summed E-state index contributed by atoms with van der Waals surface area (Å²) in [5.41, 5.74) is 2.21. The molecule has 3 N–H and O–H groups in total. The van der Waals surface area contributed by atoms with Crippen LogP contribution in [-0.4, -0.2) is 27.9 Å². The van der Waals surface area contributed by atoms with Gasteiger partial charge in [0.1, 0.15) is 5.25 Å². The monoisotopic (exact) mass is 491 g/mol. The van der Waals surface area contributed by atoms with Crippen LogP contribution in [0.2, 0.25) is 0 Å². The Labute approximate surface area is 204 Å². The normalized spacial score (nSPS) is 11.6. The highest BCUT2D eigenvalue weighted by Crippen LogP contribution is 2.38. The van der Waals surface area contributed by atoms with Crippen LogP contribution in [0.1, 0.15) is 23.7 Å². The number of carbonyl (C=O) groups is 3. The lowest BCUT2D eigenvalue weighted by molar-refractivity contribution is -0.138. The van der Waals surface area contributed by atoms with Crippen LogP contribution < -0.4 is 10.6 Å². The molecule has 0 aliphatic rings. The molecular formula is C25H21N3O4S2. The number of aromatic nitrogens is 1. The van der Waals surface area contributed by atoms with Crippen molar-refractivity contribution >= 4 is 61.9 Å². The number of hydrogen-bond donors (Lipinski definition) is 3. The molecule has 0 spiro atoms. The van der Waals surface area contributed by atoms with Gasteiger partial charge in [-0.05, 0) is 35.9 Å². The zero-order chi connectivity index (χ0) is 23.9. The van der Waals surface area contributed by atoms with Crippen LogP contribution in [0.4, 0.5) is 10.8 Å². The number of thiazole rings is 1. The summed E-state index contributed by atoms with van der Waals surface area (Å²) in [6.07, 6.45) is -0.341. The minimum Gasteiger partial charge on any atom is -0.481 e. The van der Waals surface area contributed by atoms with Crippen molar-refractivity contribution in [1.29, 1.82) is 0 Å². The van der Waals surface area contributed by atoms with Crippen molar-refractivity contribution in [1.82, 2.24) is 4.98 Å². The molecule has 4 rings (SSSR count). The maximum Gasteiger partial charge on any atom is 0.303 e. The van der Waals surface area contributed by atoms with Crippen molar-refractivity contribution in [3.05, 3.63) is 84.4 Å². The van der Waals surface area contributed by atoms with E-state index in [0.717, 1.165) is 20.7 Å². The molecule has 1 unspecified atom stereocenters. The van der Waals surface area contributed by atoms with Gasteiger partial charge in [-0.15, -0.1) is 11.8 Å². The van der Waals surface area contributed by atoms with Crippen molar-refractivity contribution < 1.29 is 19.5 Å². The Kier molecular flexibility index (Phi) is 7.56. The number of thioether (sulfide) groups is 1. The third-order valence-electron chi connectivity index (χ3n) is 4.80. The average Bonchev–Trinajstić information content (AvgIpc) is 3.24. The van der Waals surface area contributed by atoms with Gasteiger partial charge in [0.05, 0.1) is 16.6 Å². The predicted octanol–water partition coefficient (Wildman–Crippen LogP) is 5.57. The summed E-state index contributed by atoms with van der Waals surface area (Å²) in [5, 5.41) is 14.4. The van der Waals surface area contributed by atoms with Crippen LogP contribution >= 0.6 is 23.1 Å². The fourth-order valence-electron chi connectivity index (χ4n) is 3.22. The molecule has 1 heterocycles. The summed E-state index contributed by atoms with van der Waals surface area (Å²) < 4.78 is 0.994. The first-order valence-electron chi connectivity index (χ1n) is 10.5. The molecule has 0 bridgehead atoms. The van der Waals surface area contributed by atoms with E-state index in [-0.39, 0.29) is 24.7 Å². The highest BCUT2D eigenvalue weighted by atomic mass is 32.2. The van der Waals surface area contributed by atoms with E-state index in [0.29, 0.717) is 10.8 Å².